The molecule has 84 valence electrons. The first kappa shape index (κ1) is 11.0. The lowest BCUT2D eigenvalue weighted by molar-refractivity contribution is 0.284. The summed E-state index contributed by atoms with van der Waals surface area (Å²) in [5.74, 6) is 1.83. The Hall–Kier alpha value is -1.54. The van der Waals surface area contributed by atoms with Crippen molar-refractivity contribution in [3.05, 3.63) is 47.7 Å². The van der Waals surface area contributed by atoms with Gasteiger partial charge in [0, 0.05) is 18.6 Å². The number of aliphatic hydroxyl groups is 1. The van der Waals surface area contributed by atoms with Crippen molar-refractivity contribution in [2.75, 3.05) is 6.61 Å². The summed E-state index contributed by atoms with van der Waals surface area (Å²) in [4.78, 5) is 0. The van der Waals surface area contributed by atoms with Gasteiger partial charge in [-0.05, 0) is 25.5 Å². The molecule has 0 atom stereocenters. The standard InChI is InChI=1S/C14H16O2/c1-11-4-6-12(7-5-11)14-9-8-13(16-14)3-2-10-15/h4-9,15H,2-3,10H2,1H3. The fourth-order valence-corrected chi connectivity index (χ4v) is 1.64. The fourth-order valence-electron chi connectivity index (χ4n) is 1.64. The van der Waals surface area contributed by atoms with Gasteiger partial charge in [0.1, 0.15) is 11.5 Å². The van der Waals surface area contributed by atoms with E-state index in [9.17, 15) is 0 Å². The number of rotatable bonds is 4. The molecule has 0 bridgehead atoms. The number of furan rings is 1. The molecule has 0 saturated carbocycles. The smallest absolute Gasteiger partial charge is 0.134 e. The normalized spacial score (nSPS) is 10.6. The van der Waals surface area contributed by atoms with Crippen molar-refractivity contribution in [1.82, 2.24) is 0 Å². The summed E-state index contributed by atoms with van der Waals surface area (Å²) in [6, 6.07) is 12.2. The van der Waals surface area contributed by atoms with E-state index in [1.54, 1.807) is 0 Å². The minimum Gasteiger partial charge on any atom is -0.461 e. The first-order valence-electron chi connectivity index (χ1n) is 5.56. The summed E-state index contributed by atoms with van der Waals surface area (Å²) >= 11 is 0. The minimum atomic E-state index is 0.209. The Labute approximate surface area is 95.5 Å². The monoisotopic (exact) mass is 216 g/mol. The number of aryl methyl sites for hydroxylation is 2. The molecule has 0 aliphatic rings. The van der Waals surface area contributed by atoms with Gasteiger partial charge < -0.3 is 9.52 Å². The molecule has 0 aliphatic carbocycles. The van der Waals surface area contributed by atoms with E-state index < -0.39 is 0 Å². The maximum atomic E-state index is 8.74. The molecule has 0 fully saturated rings. The van der Waals surface area contributed by atoms with Crippen LogP contribution in [0.1, 0.15) is 17.7 Å². The van der Waals surface area contributed by atoms with Crippen LogP contribution in [-0.4, -0.2) is 11.7 Å². The van der Waals surface area contributed by atoms with Crippen LogP contribution in [-0.2, 0) is 6.42 Å². The van der Waals surface area contributed by atoms with Crippen molar-refractivity contribution in [3.63, 3.8) is 0 Å². The molecule has 2 aromatic rings. The van der Waals surface area contributed by atoms with Crippen LogP contribution in [0.4, 0.5) is 0 Å². The Kier molecular flexibility index (Phi) is 3.42. The molecular formula is C14H16O2. The third-order valence-electron chi connectivity index (χ3n) is 2.58. The van der Waals surface area contributed by atoms with Crippen LogP contribution < -0.4 is 0 Å². The fraction of sp³-hybridized carbons (Fsp3) is 0.286. The summed E-state index contributed by atoms with van der Waals surface area (Å²) in [6.07, 6.45) is 1.54. The van der Waals surface area contributed by atoms with Gasteiger partial charge in [-0.1, -0.05) is 29.8 Å². The molecule has 1 heterocycles. The van der Waals surface area contributed by atoms with E-state index >= 15 is 0 Å². The first-order valence-corrected chi connectivity index (χ1v) is 5.56. The quantitative estimate of drug-likeness (QED) is 0.851. The summed E-state index contributed by atoms with van der Waals surface area (Å²) in [5.41, 5.74) is 2.34. The number of hydrogen-bond acceptors (Lipinski definition) is 2. The van der Waals surface area contributed by atoms with Gasteiger partial charge in [0.25, 0.3) is 0 Å². The van der Waals surface area contributed by atoms with Gasteiger partial charge in [-0.25, -0.2) is 0 Å². The predicted molar refractivity (Wildman–Crippen MR) is 64.3 cm³/mol. The third kappa shape index (κ3) is 2.52. The van der Waals surface area contributed by atoms with E-state index in [-0.39, 0.29) is 6.61 Å². The lowest BCUT2D eigenvalue weighted by Crippen LogP contribution is -1.86. The summed E-state index contributed by atoms with van der Waals surface area (Å²) in [6.45, 7) is 2.28. The van der Waals surface area contributed by atoms with Crippen LogP contribution >= 0.6 is 0 Å². The van der Waals surface area contributed by atoms with Gasteiger partial charge in [0.05, 0.1) is 0 Å². The van der Waals surface area contributed by atoms with Gasteiger partial charge in [-0.3, -0.25) is 0 Å². The summed E-state index contributed by atoms with van der Waals surface area (Å²) in [7, 11) is 0. The van der Waals surface area contributed by atoms with Crippen molar-refractivity contribution < 1.29 is 9.52 Å². The van der Waals surface area contributed by atoms with E-state index in [2.05, 4.69) is 31.2 Å². The molecule has 0 spiro atoms. The van der Waals surface area contributed by atoms with E-state index in [0.717, 1.165) is 29.9 Å². The molecule has 0 radical (unpaired) electrons. The Morgan fingerprint density at radius 3 is 2.50 bits per heavy atom. The average Bonchev–Trinajstić information content (AvgIpc) is 2.76. The van der Waals surface area contributed by atoms with Crippen molar-refractivity contribution in [3.8, 4) is 11.3 Å². The van der Waals surface area contributed by atoms with E-state index in [0.29, 0.717) is 0 Å². The molecule has 0 unspecified atom stereocenters. The van der Waals surface area contributed by atoms with Crippen molar-refractivity contribution in [2.45, 2.75) is 19.8 Å². The molecule has 2 nitrogen and oxygen atoms in total. The summed E-state index contributed by atoms with van der Waals surface area (Å²) < 4.78 is 5.70. The second-order valence-electron chi connectivity index (χ2n) is 3.96. The molecule has 1 aromatic heterocycles. The van der Waals surface area contributed by atoms with E-state index in [1.165, 1.54) is 5.56 Å². The highest BCUT2D eigenvalue weighted by Crippen LogP contribution is 2.22. The van der Waals surface area contributed by atoms with Gasteiger partial charge in [-0.2, -0.15) is 0 Å². The topological polar surface area (TPSA) is 33.4 Å². The van der Waals surface area contributed by atoms with Crippen molar-refractivity contribution in [1.29, 1.82) is 0 Å². The van der Waals surface area contributed by atoms with Crippen LogP contribution in [0.25, 0.3) is 11.3 Å². The molecule has 1 N–H and O–H groups in total. The SMILES string of the molecule is Cc1ccc(-c2ccc(CCCO)o2)cc1. The average molecular weight is 216 g/mol. The van der Waals surface area contributed by atoms with E-state index in [1.807, 2.05) is 12.1 Å². The maximum Gasteiger partial charge on any atom is 0.134 e. The Morgan fingerprint density at radius 2 is 1.81 bits per heavy atom. The van der Waals surface area contributed by atoms with E-state index in [4.69, 9.17) is 9.52 Å². The second-order valence-corrected chi connectivity index (χ2v) is 3.96. The van der Waals surface area contributed by atoms with Crippen LogP contribution in [0.2, 0.25) is 0 Å². The second kappa shape index (κ2) is 4.99. The van der Waals surface area contributed by atoms with Gasteiger partial charge in [-0.15, -0.1) is 0 Å². The number of hydrogen-bond donors (Lipinski definition) is 1. The molecule has 16 heavy (non-hydrogen) atoms. The van der Waals surface area contributed by atoms with Crippen LogP contribution in [0.5, 0.6) is 0 Å². The van der Waals surface area contributed by atoms with Crippen LogP contribution in [0, 0.1) is 6.92 Å². The Bertz CT molecular complexity index is 440. The molecule has 1 aromatic carbocycles. The van der Waals surface area contributed by atoms with Crippen LogP contribution in [0.15, 0.2) is 40.8 Å². The Balaban J connectivity index is 2.15. The number of benzene rings is 1. The molecule has 0 saturated heterocycles. The van der Waals surface area contributed by atoms with Crippen molar-refractivity contribution in [2.24, 2.45) is 0 Å². The molecule has 0 amide bonds. The minimum absolute atomic E-state index is 0.209. The zero-order chi connectivity index (χ0) is 11.4. The highest BCUT2D eigenvalue weighted by atomic mass is 16.3. The largest absolute Gasteiger partial charge is 0.461 e. The lowest BCUT2D eigenvalue weighted by atomic mass is 10.1. The molecule has 0 aliphatic heterocycles. The molecule has 2 heteroatoms. The van der Waals surface area contributed by atoms with Crippen molar-refractivity contribution >= 4 is 0 Å². The summed E-state index contributed by atoms with van der Waals surface area (Å²) in [5, 5.41) is 8.74. The van der Waals surface area contributed by atoms with Gasteiger partial charge in [0.15, 0.2) is 0 Å². The highest BCUT2D eigenvalue weighted by molar-refractivity contribution is 5.57. The molecular weight excluding hydrogens is 200 g/mol. The zero-order valence-electron chi connectivity index (χ0n) is 9.44. The lowest BCUT2D eigenvalue weighted by Gasteiger charge is -1.98. The maximum absolute atomic E-state index is 8.74. The first-order chi connectivity index (χ1) is 7.79. The third-order valence-corrected chi connectivity index (χ3v) is 2.58. The Morgan fingerprint density at radius 1 is 1.06 bits per heavy atom. The van der Waals surface area contributed by atoms with Crippen LogP contribution in [0.3, 0.4) is 0 Å². The number of aliphatic hydroxyl groups excluding tert-OH is 1. The van der Waals surface area contributed by atoms with Gasteiger partial charge >= 0.3 is 0 Å². The zero-order valence-corrected chi connectivity index (χ0v) is 9.44. The van der Waals surface area contributed by atoms with Gasteiger partial charge in [0.2, 0.25) is 0 Å². The highest BCUT2D eigenvalue weighted by Gasteiger charge is 2.03. The molecule has 2 rings (SSSR count). The predicted octanol–water partition coefficient (Wildman–Crippen LogP) is 3.18.